The van der Waals surface area contributed by atoms with Gasteiger partial charge in [-0.15, -0.1) is 0 Å². The highest BCUT2D eigenvalue weighted by atomic mass is 79.9. The van der Waals surface area contributed by atoms with Gasteiger partial charge >= 0.3 is 0 Å². The van der Waals surface area contributed by atoms with E-state index in [4.69, 9.17) is 0 Å². The van der Waals surface area contributed by atoms with Crippen molar-refractivity contribution >= 4 is 26.7 Å². The summed E-state index contributed by atoms with van der Waals surface area (Å²) in [4.78, 5) is 0. The summed E-state index contributed by atoms with van der Waals surface area (Å²) in [5.74, 6) is 0. The van der Waals surface area contributed by atoms with Crippen LogP contribution in [0.15, 0.2) is 120 Å². The van der Waals surface area contributed by atoms with Crippen molar-refractivity contribution in [3.05, 3.63) is 142 Å². The van der Waals surface area contributed by atoms with Crippen LogP contribution in [0.4, 0.5) is 0 Å². The monoisotopic (exact) mass is 446 g/mol. The molecule has 6 rings (SSSR count). The summed E-state index contributed by atoms with van der Waals surface area (Å²) in [6.45, 7) is 0. The van der Waals surface area contributed by atoms with Crippen LogP contribution in [0.3, 0.4) is 0 Å². The van der Waals surface area contributed by atoms with Crippen LogP contribution in [0.2, 0.25) is 0 Å². The van der Waals surface area contributed by atoms with Crippen molar-refractivity contribution in [1.82, 2.24) is 0 Å². The summed E-state index contributed by atoms with van der Waals surface area (Å²) in [7, 11) is 0. The molecule has 30 heavy (non-hydrogen) atoms. The summed E-state index contributed by atoms with van der Waals surface area (Å²) in [6.07, 6.45) is 0. The molecule has 0 atom stereocenters. The average molecular weight is 447 g/mol. The molecule has 0 heterocycles. The second-order valence-corrected chi connectivity index (χ2v) is 8.83. The van der Waals surface area contributed by atoms with Crippen LogP contribution in [0.25, 0.3) is 21.9 Å². The fourth-order valence-corrected chi connectivity index (χ4v) is 5.54. The number of hydrogen-bond donors (Lipinski definition) is 0. The summed E-state index contributed by atoms with van der Waals surface area (Å²) < 4.78 is 1.11. The molecule has 0 saturated carbocycles. The molecule has 142 valence electrons. The van der Waals surface area contributed by atoms with Gasteiger partial charge in [0.1, 0.15) is 0 Å². The molecule has 0 spiro atoms. The van der Waals surface area contributed by atoms with Gasteiger partial charge in [0.15, 0.2) is 0 Å². The van der Waals surface area contributed by atoms with Crippen molar-refractivity contribution in [3.63, 3.8) is 0 Å². The fraction of sp³-hybridized carbons (Fsp3) is 0.0345. The molecule has 1 aliphatic carbocycles. The lowest BCUT2D eigenvalue weighted by molar-refractivity contribution is 0.769. The van der Waals surface area contributed by atoms with Crippen molar-refractivity contribution < 1.29 is 0 Å². The third kappa shape index (κ3) is 2.39. The highest BCUT2D eigenvalue weighted by molar-refractivity contribution is 9.10. The van der Waals surface area contributed by atoms with Crippen LogP contribution in [0, 0.1) is 0 Å². The van der Waals surface area contributed by atoms with Crippen LogP contribution in [-0.2, 0) is 5.41 Å². The Kier molecular flexibility index (Phi) is 3.94. The molecule has 0 amide bonds. The minimum atomic E-state index is -0.328. The summed E-state index contributed by atoms with van der Waals surface area (Å²) in [5, 5.41) is 2.52. The normalized spacial score (nSPS) is 13.8. The first-order chi connectivity index (χ1) is 14.8. The Labute approximate surface area is 185 Å². The number of hydrogen-bond acceptors (Lipinski definition) is 0. The second kappa shape index (κ2) is 6.68. The molecular formula is C29H19Br. The van der Waals surface area contributed by atoms with Gasteiger partial charge in [-0.3, -0.25) is 0 Å². The molecule has 0 aromatic heterocycles. The maximum Gasteiger partial charge on any atom is 0.0713 e. The van der Waals surface area contributed by atoms with Crippen LogP contribution in [0.5, 0.6) is 0 Å². The minimum absolute atomic E-state index is 0.328. The molecule has 0 N–H and O–H groups in total. The van der Waals surface area contributed by atoms with Gasteiger partial charge in [-0.2, -0.15) is 0 Å². The van der Waals surface area contributed by atoms with Crippen LogP contribution in [0.1, 0.15) is 22.3 Å². The van der Waals surface area contributed by atoms with Crippen LogP contribution < -0.4 is 0 Å². The Morgan fingerprint density at radius 1 is 0.467 bits per heavy atom. The molecule has 0 aliphatic heterocycles. The Bertz CT molecular complexity index is 1350. The number of rotatable bonds is 2. The summed E-state index contributed by atoms with van der Waals surface area (Å²) >= 11 is 3.66. The fourth-order valence-electron chi connectivity index (χ4n) is 5.16. The van der Waals surface area contributed by atoms with Gasteiger partial charge < -0.3 is 0 Å². The summed E-state index contributed by atoms with van der Waals surface area (Å²) in [5.41, 5.74) is 7.63. The quantitative estimate of drug-likeness (QED) is 0.253. The largest absolute Gasteiger partial charge is 0.0713 e. The van der Waals surface area contributed by atoms with E-state index in [-0.39, 0.29) is 5.41 Å². The third-order valence-corrected chi connectivity index (χ3v) is 6.87. The van der Waals surface area contributed by atoms with E-state index in [0.29, 0.717) is 0 Å². The molecule has 0 saturated heterocycles. The van der Waals surface area contributed by atoms with Crippen molar-refractivity contribution in [2.75, 3.05) is 0 Å². The van der Waals surface area contributed by atoms with Gasteiger partial charge in [-0.05, 0) is 68.4 Å². The molecule has 0 nitrogen and oxygen atoms in total. The highest BCUT2D eigenvalue weighted by Crippen LogP contribution is 2.56. The lowest BCUT2D eigenvalue weighted by Gasteiger charge is -2.34. The van der Waals surface area contributed by atoms with Gasteiger partial charge in [0.25, 0.3) is 0 Å². The third-order valence-electron chi connectivity index (χ3n) is 6.38. The Balaban J connectivity index is 1.82. The van der Waals surface area contributed by atoms with E-state index in [1.54, 1.807) is 0 Å². The molecule has 0 bridgehead atoms. The van der Waals surface area contributed by atoms with E-state index in [1.807, 2.05) is 0 Å². The number of halogens is 1. The molecule has 5 aromatic carbocycles. The van der Waals surface area contributed by atoms with Gasteiger partial charge in [0, 0.05) is 4.47 Å². The van der Waals surface area contributed by atoms with E-state index in [2.05, 4.69) is 131 Å². The first-order valence-electron chi connectivity index (χ1n) is 10.2. The Hall–Kier alpha value is -3.16. The van der Waals surface area contributed by atoms with Gasteiger partial charge in [-0.1, -0.05) is 107 Å². The molecule has 0 fully saturated rings. The molecular weight excluding hydrogens is 428 g/mol. The van der Waals surface area contributed by atoms with Crippen LogP contribution >= 0.6 is 15.9 Å². The molecule has 0 radical (unpaired) electrons. The van der Waals surface area contributed by atoms with Crippen molar-refractivity contribution in [2.24, 2.45) is 0 Å². The standard InChI is InChI=1S/C29H19Br/c30-24-16-15-20-18-26-25-13-7-8-14-27(25)29(22-9-3-1-4-10-22,23-11-5-2-6-12-23)28(26)19-21(20)17-24/h1-19H. The van der Waals surface area contributed by atoms with Crippen molar-refractivity contribution in [3.8, 4) is 11.1 Å². The van der Waals surface area contributed by atoms with Gasteiger partial charge in [0.05, 0.1) is 5.41 Å². The molecule has 0 unspecified atom stereocenters. The topological polar surface area (TPSA) is 0 Å². The zero-order valence-corrected chi connectivity index (χ0v) is 17.9. The number of benzene rings is 5. The zero-order chi connectivity index (χ0) is 20.1. The summed E-state index contributed by atoms with van der Waals surface area (Å²) in [6, 6.07) is 42.1. The predicted molar refractivity (Wildman–Crippen MR) is 129 cm³/mol. The SMILES string of the molecule is Brc1ccc2cc3c(cc2c1)C(c1ccccc1)(c1ccccc1)c1ccccc1-3. The first-order valence-corrected chi connectivity index (χ1v) is 11.0. The van der Waals surface area contributed by atoms with Crippen molar-refractivity contribution in [1.29, 1.82) is 0 Å². The smallest absolute Gasteiger partial charge is 0.0622 e. The maximum absolute atomic E-state index is 3.66. The van der Waals surface area contributed by atoms with E-state index >= 15 is 0 Å². The van der Waals surface area contributed by atoms with E-state index in [0.717, 1.165) is 4.47 Å². The molecule has 1 aliphatic rings. The van der Waals surface area contributed by atoms with E-state index < -0.39 is 0 Å². The average Bonchev–Trinajstić information content (AvgIpc) is 3.09. The first kappa shape index (κ1) is 17.7. The van der Waals surface area contributed by atoms with E-state index in [9.17, 15) is 0 Å². The molecule has 5 aromatic rings. The Morgan fingerprint density at radius 3 is 1.80 bits per heavy atom. The minimum Gasteiger partial charge on any atom is -0.0622 e. The van der Waals surface area contributed by atoms with E-state index in [1.165, 1.54) is 44.2 Å². The number of fused-ring (bicyclic) bond motifs is 4. The van der Waals surface area contributed by atoms with Gasteiger partial charge in [0.2, 0.25) is 0 Å². The molecule has 1 heteroatoms. The second-order valence-electron chi connectivity index (χ2n) is 7.92. The lowest BCUT2D eigenvalue weighted by atomic mass is 9.67. The van der Waals surface area contributed by atoms with Crippen molar-refractivity contribution in [2.45, 2.75) is 5.41 Å². The zero-order valence-electron chi connectivity index (χ0n) is 16.3. The highest BCUT2D eigenvalue weighted by Gasteiger charge is 2.45. The predicted octanol–water partition coefficient (Wildman–Crippen LogP) is 7.97. The Morgan fingerprint density at radius 2 is 1.10 bits per heavy atom. The maximum atomic E-state index is 3.66. The van der Waals surface area contributed by atoms with Gasteiger partial charge in [-0.25, -0.2) is 0 Å². The van der Waals surface area contributed by atoms with Crippen LogP contribution in [-0.4, -0.2) is 0 Å². The lowest BCUT2D eigenvalue weighted by Crippen LogP contribution is -2.28.